The highest BCUT2D eigenvalue weighted by Gasteiger charge is 2.64. The van der Waals surface area contributed by atoms with Gasteiger partial charge in [-0.3, -0.25) is 0 Å². The number of rotatable bonds is 2. The number of esters is 2. The van der Waals surface area contributed by atoms with Crippen LogP contribution in [-0.2, 0) is 28.5 Å². The van der Waals surface area contributed by atoms with Gasteiger partial charge in [0.05, 0.1) is 17.3 Å². The zero-order chi connectivity index (χ0) is 18.9. The zero-order valence-electron chi connectivity index (χ0n) is 16.0. The molecule has 6 nitrogen and oxygen atoms in total. The summed E-state index contributed by atoms with van der Waals surface area (Å²) in [7, 11) is 0. The summed E-state index contributed by atoms with van der Waals surface area (Å²) in [5.74, 6) is -0.742. The summed E-state index contributed by atoms with van der Waals surface area (Å²) < 4.78 is 23.4. The number of epoxide rings is 2. The van der Waals surface area contributed by atoms with Gasteiger partial charge < -0.3 is 18.9 Å². The Hall–Kier alpha value is -1.66. The largest absolute Gasteiger partial charge is 0.454 e. The maximum Gasteiger partial charge on any atom is 0.334 e. The summed E-state index contributed by atoms with van der Waals surface area (Å²) in [4.78, 5) is 24.7. The maximum atomic E-state index is 12.5. The summed E-state index contributed by atoms with van der Waals surface area (Å²) in [6.07, 6.45) is 2.86. The Balaban J connectivity index is 1.71. The summed E-state index contributed by atoms with van der Waals surface area (Å²) in [5.41, 5.74) is 1.11. The van der Waals surface area contributed by atoms with Crippen molar-refractivity contribution in [2.24, 2.45) is 0 Å². The molecule has 26 heavy (non-hydrogen) atoms. The van der Waals surface area contributed by atoms with Crippen LogP contribution in [0, 0.1) is 0 Å². The van der Waals surface area contributed by atoms with Crippen molar-refractivity contribution in [2.75, 3.05) is 0 Å². The molecule has 4 rings (SSSR count). The van der Waals surface area contributed by atoms with Crippen LogP contribution in [0.3, 0.4) is 0 Å². The van der Waals surface area contributed by atoms with Crippen molar-refractivity contribution in [1.29, 1.82) is 0 Å². The second kappa shape index (κ2) is 5.67. The van der Waals surface area contributed by atoms with Crippen LogP contribution in [0.4, 0.5) is 0 Å². The molecule has 3 heterocycles. The zero-order valence-corrected chi connectivity index (χ0v) is 16.0. The Kier molecular flexibility index (Phi) is 3.87. The molecule has 0 N–H and O–H groups in total. The molecule has 0 aromatic carbocycles. The van der Waals surface area contributed by atoms with Crippen molar-refractivity contribution in [3.63, 3.8) is 0 Å². The van der Waals surface area contributed by atoms with Gasteiger partial charge in [0, 0.05) is 23.1 Å². The SMILES string of the molecule is C/C=C(\C)C(=O)O[C@@H]1C2=C(C)C(=O)O[C@@H]2C[C@]2(C)O[C@@H]2CC[C@@]2(C)O[C@@H]12. The smallest absolute Gasteiger partial charge is 0.334 e. The summed E-state index contributed by atoms with van der Waals surface area (Å²) in [6, 6.07) is 0. The maximum absolute atomic E-state index is 12.5. The number of ether oxygens (including phenoxy) is 4. The molecule has 0 bridgehead atoms. The van der Waals surface area contributed by atoms with Crippen molar-refractivity contribution < 1.29 is 28.5 Å². The Labute approximate surface area is 153 Å². The number of carbonyl (C=O) groups excluding carboxylic acids is 2. The van der Waals surface area contributed by atoms with E-state index in [1.54, 1.807) is 26.8 Å². The van der Waals surface area contributed by atoms with Crippen LogP contribution in [0.25, 0.3) is 0 Å². The number of carbonyl (C=O) groups is 2. The van der Waals surface area contributed by atoms with E-state index in [0.717, 1.165) is 18.4 Å². The van der Waals surface area contributed by atoms with E-state index in [9.17, 15) is 9.59 Å². The molecule has 0 amide bonds. The third-order valence-electron chi connectivity index (χ3n) is 6.38. The number of allylic oxidation sites excluding steroid dienone is 1. The molecule has 0 radical (unpaired) electrons. The van der Waals surface area contributed by atoms with Gasteiger partial charge in [0.15, 0.2) is 6.10 Å². The van der Waals surface area contributed by atoms with E-state index < -0.39 is 18.2 Å². The summed E-state index contributed by atoms with van der Waals surface area (Å²) in [6.45, 7) is 9.33. The second-order valence-corrected chi connectivity index (χ2v) is 8.28. The predicted molar refractivity (Wildman–Crippen MR) is 92.3 cm³/mol. The first kappa shape index (κ1) is 17.7. The van der Waals surface area contributed by atoms with Gasteiger partial charge in [0.1, 0.15) is 12.2 Å². The molecule has 6 heteroatoms. The number of hydrogen-bond acceptors (Lipinski definition) is 6. The molecular weight excluding hydrogens is 336 g/mol. The summed E-state index contributed by atoms with van der Waals surface area (Å²) in [5, 5.41) is 0. The second-order valence-electron chi connectivity index (χ2n) is 8.28. The molecule has 3 fully saturated rings. The molecule has 0 unspecified atom stereocenters. The van der Waals surface area contributed by atoms with Gasteiger partial charge in [-0.1, -0.05) is 6.08 Å². The molecule has 1 aliphatic carbocycles. The highest BCUT2D eigenvalue weighted by Crippen LogP contribution is 2.54. The van der Waals surface area contributed by atoms with Crippen LogP contribution in [0.15, 0.2) is 22.8 Å². The lowest BCUT2D eigenvalue weighted by Gasteiger charge is -2.25. The lowest BCUT2D eigenvalue weighted by Crippen LogP contribution is -2.37. The monoisotopic (exact) mass is 362 g/mol. The topological polar surface area (TPSA) is 77.7 Å². The molecule has 0 aromatic rings. The fraction of sp³-hybridized carbons (Fsp3) is 0.700. The Bertz CT molecular complexity index is 737. The first-order valence-corrected chi connectivity index (χ1v) is 9.30. The average molecular weight is 362 g/mol. The third-order valence-corrected chi connectivity index (χ3v) is 6.38. The first-order chi connectivity index (χ1) is 12.2. The van der Waals surface area contributed by atoms with Crippen LogP contribution in [0.1, 0.15) is 53.9 Å². The highest BCUT2D eigenvalue weighted by atomic mass is 16.6. The Morgan fingerprint density at radius 2 is 2.00 bits per heavy atom. The van der Waals surface area contributed by atoms with Crippen LogP contribution < -0.4 is 0 Å². The van der Waals surface area contributed by atoms with Gasteiger partial charge in [-0.05, 0) is 47.5 Å². The van der Waals surface area contributed by atoms with Gasteiger partial charge in [0.25, 0.3) is 0 Å². The van der Waals surface area contributed by atoms with Gasteiger partial charge >= 0.3 is 11.9 Å². The average Bonchev–Trinajstić information content (AvgIpc) is 3.42. The van der Waals surface area contributed by atoms with Gasteiger partial charge in [-0.25, -0.2) is 9.59 Å². The molecule has 0 spiro atoms. The first-order valence-electron chi connectivity index (χ1n) is 9.30. The summed E-state index contributed by atoms with van der Waals surface area (Å²) >= 11 is 0. The number of fused-ring (bicyclic) bond motifs is 3. The third kappa shape index (κ3) is 2.70. The Morgan fingerprint density at radius 1 is 1.27 bits per heavy atom. The predicted octanol–water partition coefficient (Wildman–Crippen LogP) is 2.61. The van der Waals surface area contributed by atoms with Gasteiger partial charge in [0.2, 0.25) is 0 Å². The van der Waals surface area contributed by atoms with Crippen molar-refractivity contribution in [3.8, 4) is 0 Å². The van der Waals surface area contributed by atoms with Crippen LogP contribution in [-0.4, -0.2) is 47.6 Å². The van der Waals surface area contributed by atoms with Crippen LogP contribution in [0.5, 0.6) is 0 Å². The molecular formula is C20H26O6. The van der Waals surface area contributed by atoms with Crippen LogP contribution >= 0.6 is 0 Å². The van der Waals surface area contributed by atoms with Crippen molar-refractivity contribution in [2.45, 2.75) is 89.5 Å². The van der Waals surface area contributed by atoms with E-state index in [1.807, 2.05) is 6.92 Å². The molecule has 3 aliphatic heterocycles. The van der Waals surface area contributed by atoms with E-state index in [1.165, 1.54) is 0 Å². The Morgan fingerprint density at radius 3 is 2.69 bits per heavy atom. The van der Waals surface area contributed by atoms with Gasteiger partial charge in [-0.2, -0.15) is 0 Å². The minimum absolute atomic E-state index is 0.161. The van der Waals surface area contributed by atoms with E-state index in [-0.39, 0.29) is 29.4 Å². The highest BCUT2D eigenvalue weighted by molar-refractivity contribution is 5.92. The van der Waals surface area contributed by atoms with Crippen LogP contribution in [0.2, 0.25) is 0 Å². The molecule has 0 aromatic heterocycles. The minimum atomic E-state index is -0.613. The van der Waals surface area contributed by atoms with Gasteiger partial charge in [-0.15, -0.1) is 0 Å². The molecule has 142 valence electrons. The quantitative estimate of drug-likeness (QED) is 0.427. The fourth-order valence-electron chi connectivity index (χ4n) is 4.26. The normalized spacial score (nSPS) is 44.5. The van der Waals surface area contributed by atoms with E-state index in [0.29, 0.717) is 17.6 Å². The van der Waals surface area contributed by atoms with E-state index >= 15 is 0 Å². The van der Waals surface area contributed by atoms with E-state index in [4.69, 9.17) is 18.9 Å². The van der Waals surface area contributed by atoms with Crippen molar-refractivity contribution in [3.05, 3.63) is 22.8 Å². The van der Waals surface area contributed by atoms with Crippen molar-refractivity contribution >= 4 is 11.9 Å². The number of hydrogen-bond donors (Lipinski definition) is 0. The molecule has 1 saturated carbocycles. The van der Waals surface area contributed by atoms with E-state index in [2.05, 4.69) is 6.92 Å². The molecule has 4 aliphatic rings. The molecule has 2 saturated heterocycles. The fourth-order valence-corrected chi connectivity index (χ4v) is 4.26. The molecule has 6 atom stereocenters. The standard InChI is InChI=1S/C20H26O6/c1-6-10(2)17(21)24-15-14-11(3)18(22)23-12(14)9-20(5)13(25-20)7-8-19(4)16(15)26-19/h6,12-13,15-16H,7-9H2,1-5H3/b10-6+/t12-,13-,15-,16+,19-,20+/m1/s1. The van der Waals surface area contributed by atoms with Crippen molar-refractivity contribution in [1.82, 2.24) is 0 Å². The minimum Gasteiger partial charge on any atom is -0.454 e. The lowest BCUT2D eigenvalue weighted by molar-refractivity contribution is -0.144. The lowest BCUT2D eigenvalue weighted by atomic mass is 9.83.